The van der Waals surface area contributed by atoms with Gasteiger partial charge in [-0.25, -0.2) is 0 Å². The molecule has 0 atom stereocenters. The van der Waals surface area contributed by atoms with Crippen LogP contribution in [-0.4, -0.2) is 37.5 Å². The molecule has 3 nitrogen and oxygen atoms in total. The highest BCUT2D eigenvalue weighted by Crippen LogP contribution is 2.40. The Morgan fingerprint density at radius 3 is 2.38 bits per heavy atom. The molecule has 0 fully saturated rings. The summed E-state index contributed by atoms with van der Waals surface area (Å²) in [4.78, 5) is 2.13. The molecular weight excluding hydrogens is 392 g/mol. The van der Waals surface area contributed by atoms with Gasteiger partial charge in [0.05, 0.1) is 17.6 Å². The third kappa shape index (κ3) is 4.43. The Bertz CT molecular complexity index is 1140. The molecule has 0 saturated heterocycles. The van der Waals surface area contributed by atoms with E-state index in [2.05, 4.69) is 104 Å². The van der Waals surface area contributed by atoms with Gasteiger partial charge in [-0.2, -0.15) is 4.58 Å². The summed E-state index contributed by atoms with van der Waals surface area (Å²) in [5.74, 6) is 0.999. The molecule has 1 aliphatic heterocycles. The van der Waals surface area contributed by atoms with Crippen molar-refractivity contribution in [2.24, 2.45) is 0 Å². The zero-order valence-electron chi connectivity index (χ0n) is 19.9. The average Bonchev–Trinajstić information content (AvgIpc) is 3.12. The zero-order valence-corrected chi connectivity index (χ0v) is 19.9. The molecule has 0 radical (unpaired) electrons. The lowest BCUT2D eigenvalue weighted by Crippen LogP contribution is -2.13. The number of benzene rings is 3. The van der Waals surface area contributed by atoms with Crippen molar-refractivity contribution in [1.29, 1.82) is 0 Å². The molecule has 3 aromatic rings. The van der Waals surface area contributed by atoms with Crippen molar-refractivity contribution in [2.75, 3.05) is 32.1 Å². The van der Waals surface area contributed by atoms with E-state index in [0.717, 1.165) is 31.7 Å². The van der Waals surface area contributed by atoms with E-state index in [9.17, 15) is 0 Å². The third-order valence-electron chi connectivity index (χ3n) is 6.17. The number of hydrogen-bond acceptors (Lipinski definition) is 2. The lowest BCUT2D eigenvalue weighted by molar-refractivity contribution is -0.436. The first-order chi connectivity index (χ1) is 15.6. The fraction of sp³-hybridized carbons (Fsp3) is 0.345. The van der Waals surface area contributed by atoms with Crippen molar-refractivity contribution in [1.82, 2.24) is 0 Å². The van der Waals surface area contributed by atoms with E-state index in [0.29, 0.717) is 0 Å². The number of hydrogen-bond donors (Lipinski definition) is 0. The van der Waals surface area contributed by atoms with E-state index in [1.807, 2.05) is 0 Å². The van der Waals surface area contributed by atoms with Gasteiger partial charge in [0, 0.05) is 43.7 Å². The number of ether oxygens (including phenoxy) is 1. The Labute approximate surface area is 192 Å². The normalized spacial score (nSPS) is 12.9. The van der Waals surface area contributed by atoms with Crippen LogP contribution in [0.15, 0.2) is 60.7 Å². The van der Waals surface area contributed by atoms with Crippen LogP contribution < -0.4 is 9.64 Å². The fourth-order valence-electron chi connectivity index (χ4n) is 4.32. The fourth-order valence-corrected chi connectivity index (χ4v) is 4.32. The molecule has 0 unspecified atom stereocenters. The maximum Gasteiger partial charge on any atom is 0.214 e. The molecular formula is C29H35N2O+. The molecule has 0 aromatic heterocycles. The van der Waals surface area contributed by atoms with Gasteiger partial charge >= 0.3 is 0 Å². The van der Waals surface area contributed by atoms with E-state index in [1.54, 1.807) is 0 Å². The quantitative estimate of drug-likeness (QED) is 0.255. The molecule has 1 heterocycles. The van der Waals surface area contributed by atoms with Crippen LogP contribution in [0, 0.1) is 0 Å². The van der Waals surface area contributed by atoms with Crippen LogP contribution in [0.5, 0.6) is 5.75 Å². The predicted octanol–water partition coefficient (Wildman–Crippen LogP) is 7.04. The number of allylic oxidation sites excluding steroid dienone is 1. The van der Waals surface area contributed by atoms with E-state index in [1.165, 1.54) is 51.8 Å². The van der Waals surface area contributed by atoms with Gasteiger partial charge in [-0.1, -0.05) is 51.0 Å². The van der Waals surface area contributed by atoms with Crippen molar-refractivity contribution >= 4 is 33.9 Å². The van der Waals surface area contributed by atoms with Crippen molar-refractivity contribution in [3.63, 3.8) is 0 Å². The van der Waals surface area contributed by atoms with E-state index in [-0.39, 0.29) is 0 Å². The highest BCUT2D eigenvalue weighted by molar-refractivity contribution is 6.21. The number of rotatable bonds is 10. The highest BCUT2D eigenvalue weighted by Gasteiger charge is 2.31. The second-order valence-corrected chi connectivity index (χ2v) is 8.72. The summed E-state index contributed by atoms with van der Waals surface area (Å²) in [6.07, 6.45) is 9.09. The molecule has 0 amide bonds. The van der Waals surface area contributed by atoms with Crippen LogP contribution in [0.3, 0.4) is 0 Å². The lowest BCUT2D eigenvalue weighted by atomic mass is 10.0. The van der Waals surface area contributed by atoms with E-state index >= 15 is 0 Å². The molecule has 0 N–H and O–H groups in total. The van der Waals surface area contributed by atoms with E-state index < -0.39 is 0 Å². The number of unbranched alkanes of at least 4 members (excludes halogenated alkanes) is 2. The van der Waals surface area contributed by atoms with Crippen LogP contribution in [0.1, 0.15) is 50.7 Å². The Morgan fingerprint density at radius 1 is 0.875 bits per heavy atom. The second-order valence-electron chi connectivity index (χ2n) is 8.72. The minimum atomic E-state index is 0.772. The van der Waals surface area contributed by atoms with Crippen molar-refractivity contribution in [3.05, 3.63) is 71.8 Å². The average molecular weight is 428 g/mol. The summed E-state index contributed by atoms with van der Waals surface area (Å²) < 4.78 is 8.65. The van der Waals surface area contributed by atoms with Crippen LogP contribution in [0.4, 0.5) is 11.4 Å². The van der Waals surface area contributed by atoms with Gasteiger partial charge in [0.25, 0.3) is 0 Å². The highest BCUT2D eigenvalue weighted by atomic mass is 16.5. The van der Waals surface area contributed by atoms with Gasteiger partial charge in [-0.15, -0.1) is 0 Å². The van der Waals surface area contributed by atoms with Gasteiger partial charge in [0.15, 0.2) is 0 Å². The Kier molecular flexibility index (Phi) is 6.94. The van der Waals surface area contributed by atoms with Gasteiger partial charge in [-0.05, 0) is 42.3 Å². The van der Waals surface area contributed by atoms with Crippen molar-refractivity contribution < 1.29 is 9.31 Å². The first kappa shape index (κ1) is 22.1. The Balaban J connectivity index is 1.73. The summed E-state index contributed by atoms with van der Waals surface area (Å²) in [7, 11) is 4.14. The van der Waals surface area contributed by atoms with Crippen LogP contribution >= 0.6 is 0 Å². The monoisotopic (exact) mass is 427 g/mol. The smallest absolute Gasteiger partial charge is 0.214 e. The Morgan fingerprint density at radius 2 is 1.66 bits per heavy atom. The summed E-state index contributed by atoms with van der Waals surface area (Å²) in [5, 5.41) is 2.54. The topological polar surface area (TPSA) is 15.5 Å². The molecule has 1 aliphatic rings. The molecule has 0 aliphatic carbocycles. The summed E-state index contributed by atoms with van der Waals surface area (Å²) in [6, 6.07) is 19.7. The molecule has 3 aromatic carbocycles. The maximum atomic E-state index is 6.16. The summed E-state index contributed by atoms with van der Waals surface area (Å²) >= 11 is 0. The van der Waals surface area contributed by atoms with Gasteiger partial charge in [0.1, 0.15) is 12.3 Å². The molecule has 0 saturated carbocycles. The first-order valence-electron chi connectivity index (χ1n) is 11.9. The maximum absolute atomic E-state index is 6.16. The van der Waals surface area contributed by atoms with Gasteiger partial charge in [0.2, 0.25) is 11.4 Å². The second kappa shape index (κ2) is 10.0. The summed E-state index contributed by atoms with van der Waals surface area (Å²) in [6.45, 7) is 6.25. The molecule has 0 bridgehead atoms. The van der Waals surface area contributed by atoms with E-state index in [4.69, 9.17) is 4.74 Å². The minimum absolute atomic E-state index is 0.772. The van der Waals surface area contributed by atoms with Crippen LogP contribution in [-0.2, 0) is 0 Å². The minimum Gasteiger partial charge on any atom is -0.493 e. The molecule has 0 spiro atoms. The molecule has 3 heteroatoms. The molecule has 32 heavy (non-hydrogen) atoms. The Hall–Kier alpha value is -3.07. The summed E-state index contributed by atoms with van der Waals surface area (Å²) in [5.41, 5.74) is 6.31. The number of anilines is 1. The van der Waals surface area contributed by atoms with Crippen molar-refractivity contribution in [3.8, 4) is 5.75 Å². The van der Waals surface area contributed by atoms with Gasteiger partial charge in [-0.3, -0.25) is 0 Å². The lowest BCUT2D eigenvalue weighted by Gasteiger charge is -2.11. The van der Waals surface area contributed by atoms with Crippen molar-refractivity contribution in [2.45, 2.75) is 39.5 Å². The van der Waals surface area contributed by atoms with Crippen LogP contribution in [0.25, 0.3) is 16.8 Å². The molecule has 166 valence electrons. The SMILES string of the molecule is CCCCOc1ccc2c3c(cccc13)C(/C=C/c1ccc(N(C)C)cc1)=[N+]2CCCC. The predicted molar refractivity (Wildman–Crippen MR) is 138 cm³/mol. The standard InChI is InChI=1S/C29H35N2O/c1-5-7-20-31-26(17-14-22-12-15-23(16-13-22)30(3)4)24-10-9-11-25-28(32-21-8-6-2)19-18-27(31)29(24)25/h9-19H,5-8,20-21H2,1-4H3/q+1. The van der Waals surface area contributed by atoms with Gasteiger partial charge < -0.3 is 9.64 Å². The first-order valence-corrected chi connectivity index (χ1v) is 11.9. The molecule has 4 rings (SSSR count). The largest absolute Gasteiger partial charge is 0.493 e. The third-order valence-corrected chi connectivity index (χ3v) is 6.17. The zero-order chi connectivity index (χ0) is 22.5. The van der Waals surface area contributed by atoms with Crippen LogP contribution in [0.2, 0.25) is 0 Å². The number of nitrogens with zero attached hydrogens (tertiary/aromatic N) is 2.